The third kappa shape index (κ3) is 9.28. The van der Waals surface area contributed by atoms with Crippen LogP contribution in [-0.2, 0) is 8.85 Å². The summed E-state index contributed by atoms with van der Waals surface area (Å²) in [4.78, 5) is 4.25. The van der Waals surface area contributed by atoms with Crippen molar-refractivity contribution in [2.75, 3.05) is 0 Å². The third-order valence-electron chi connectivity index (χ3n) is 2.43. The lowest BCUT2D eigenvalue weighted by atomic mass is 10.0. The highest BCUT2D eigenvalue weighted by molar-refractivity contribution is 6.70. The second-order valence-corrected chi connectivity index (χ2v) is 14.9. The van der Waals surface area contributed by atoms with Crippen LogP contribution in [0.2, 0.25) is 24.7 Å². The van der Waals surface area contributed by atoms with Gasteiger partial charge < -0.3 is 8.85 Å². The Morgan fingerprint density at radius 1 is 1.10 bits per heavy atom. The standard InChI is InChI=1S/C15H31NO2Si2/c1-12(11-16-13(2)17-20(8,9)10)15(6,7)18-19-14(3,4)5/h11H,1-2,19H2,3-10H3. The Kier molecular flexibility index (Phi) is 6.64. The number of hydrogen-bond acceptors (Lipinski definition) is 3. The minimum absolute atomic E-state index is 0.263. The summed E-state index contributed by atoms with van der Waals surface area (Å²) in [6.07, 6.45) is 1.71. The molecule has 20 heavy (non-hydrogen) atoms. The summed E-state index contributed by atoms with van der Waals surface area (Å²) in [6.45, 7) is 24.9. The molecule has 0 aliphatic carbocycles. The molecular weight excluding hydrogens is 282 g/mol. The zero-order valence-electron chi connectivity index (χ0n) is 14.5. The maximum atomic E-state index is 6.08. The molecular formula is C15H31NO2Si2. The van der Waals surface area contributed by atoms with E-state index in [0.717, 1.165) is 5.57 Å². The molecule has 0 aliphatic rings. The van der Waals surface area contributed by atoms with E-state index < -0.39 is 18.1 Å². The van der Waals surface area contributed by atoms with Gasteiger partial charge in [-0.25, -0.2) is 4.99 Å². The monoisotopic (exact) mass is 313 g/mol. The predicted molar refractivity (Wildman–Crippen MR) is 94.6 cm³/mol. The van der Waals surface area contributed by atoms with Crippen LogP contribution in [0.5, 0.6) is 0 Å². The lowest BCUT2D eigenvalue weighted by Gasteiger charge is -2.30. The molecule has 0 aliphatic heterocycles. The van der Waals surface area contributed by atoms with Crippen LogP contribution in [0.15, 0.2) is 29.6 Å². The van der Waals surface area contributed by atoms with Crippen molar-refractivity contribution in [3.8, 4) is 0 Å². The van der Waals surface area contributed by atoms with Crippen molar-refractivity contribution >= 4 is 24.3 Å². The highest BCUT2D eigenvalue weighted by atomic mass is 28.4. The molecule has 0 aromatic carbocycles. The summed E-state index contributed by atoms with van der Waals surface area (Å²) in [6, 6.07) is 0. The second-order valence-electron chi connectivity index (χ2n) is 7.75. The van der Waals surface area contributed by atoms with Gasteiger partial charge in [-0.15, -0.1) is 0 Å². The quantitative estimate of drug-likeness (QED) is 0.403. The van der Waals surface area contributed by atoms with Gasteiger partial charge in [0.25, 0.3) is 0 Å². The van der Waals surface area contributed by atoms with Crippen LogP contribution >= 0.6 is 0 Å². The van der Waals surface area contributed by atoms with Crippen molar-refractivity contribution in [1.82, 2.24) is 0 Å². The van der Waals surface area contributed by atoms with Crippen molar-refractivity contribution in [1.29, 1.82) is 0 Å². The Balaban J connectivity index is 4.55. The molecule has 0 heterocycles. The van der Waals surface area contributed by atoms with E-state index in [-0.39, 0.29) is 10.6 Å². The van der Waals surface area contributed by atoms with E-state index >= 15 is 0 Å². The molecule has 0 bridgehead atoms. The van der Waals surface area contributed by atoms with E-state index in [1.807, 2.05) is 13.8 Å². The van der Waals surface area contributed by atoms with Gasteiger partial charge in [0.15, 0.2) is 15.6 Å². The zero-order chi connectivity index (χ0) is 16.2. The molecule has 0 amide bonds. The Morgan fingerprint density at radius 2 is 1.60 bits per heavy atom. The van der Waals surface area contributed by atoms with Gasteiger partial charge in [0, 0.05) is 6.21 Å². The first-order chi connectivity index (χ1) is 8.73. The van der Waals surface area contributed by atoms with Gasteiger partial charge in [-0.2, -0.15) is 0 Å². The summed E-state index contributed by atoms with van der Waals surface area (Å²) in [5.74, 6) is 0.453. The van der Waals surface area contributed by atoms with Crippen molar-refractivity contribution < 1.29 is 8.85 Å². The van der Waals surface area contributed by atoms with Gasteiger partial charge in [0.1, 0.15) is 0 Å². The van der Waals surface area contributed by atoms with E-state index in [1.165, 1.54) is 0 Å². The van der Waals surface area contributed by atoms with Crippen molar-refractivity contribution in [3.63, 3.8) is 0 Å². The SMILES string of the molecule is C=C(N=CC(=C)C(C)(C)O[SiH2]C(C)(C)C)O[Si](C)(C)C. The topological polar surface area (TPSA) is 30.8 Å². The highest BCUT2D eigenvalue weighted by Crippen LogP contribution is 2.26. The maximum absolute atomic E-state index is 6.08. The summed E-state index contributed by atoms with van der Waals surface area (Å²) in [7, 11) is -2.28. The predicted octanol–water partition coefficient (Wildman–Crippen LogP) is 4.03. The lowest BCUT2D eigenvalue weighted by Crippen LogP contribution is -2.32. The molecule has 0 atom stereocenters. The van der Waals surface area contributed by atoms with Crippen molar-refractivity contribution in [2.24, 2.45) is 4.99 Å². The largest absolute Gasteiger partial charge is 0.532 e. The molecule has 0 saturated heterocycles. The van der Waals surface area contributed by atoms with Gasteiger partial charge >= 0.3 is 0 Å². The Bertz CT molecular complexity index is 388. The molecule has 0 spiro atoms. The summed E-state index contributed by atoms with van der Waals surface area (Å²) >= 11 is 0. The van der Waals surface area contributed by atoms with Crippen LogP contribution in [0.1, 0.15) is 34.6 Å². The zero-order valence-corrected chi connectivity index (χ0v) is 16.9. The molecule has 116 valence electrons. The Morgan fingerprint density at radius 3 is 2.00 bits per heavy atom. The molecule has 0 unspecified atom stereocenters. The first-order valence-corrected chi connectivity index (χ1v) is 11.7. The van der Waals surface area contributed by atoms with Gasteiger partial charge in [-0.05, 0) is 50.7 Å². The van der Waals surface area contributed by atoms with Crippen LogP contribution in [0.25, 0.3) is 0 Å². The third-order valence-corrected chi connectivity index (χ3v) is 5.01. The molecule has 0 aromatic heterocycles. The number of hydrogen-bond donors (Lipinski definition) is 0. The molecule has 0 N–H and O–H groups in total. The van der Waals surface area contributed by atoms with E-state index in [9.17, 15) is 0 Å². The van der Waals surface area contributed by atoms with Crippen molar-refractivity contribution in [3.05, 3.63) is 24.6 Å². The second kappa shape index (κ2) is 6.87. The van der Waals surface area contributed by atoms with Gasteiger partial charge in [-0.3, -0.25) is 0 Å². The number of nitrogens with zero attached hydrogens (tertiary/aromatic N) is 1. The van der Waals surface area contributed by atoms with Gasteiger partial charge in [-0.1, -0.05) is 27.4 Å². The fraction of sp³-hybridized carbons (Fsp3) is 0.667. The summed E-state index contributed by atoms with van der Waals surface area (Å²) in [5.41, 5.74) is 0.456. The Labute approximate surface area is 128 Å². The number of rotatable bonds is 7. The van der Waals surface area contributed by atoms with Crippen LogP contribution in [0.4, 0.5) is 0 Å². The average molecular weight is 314 g/mol. The molecule has 0 saturated carbocycles. The van der Waals surface area contributed by atoms with Crippen LogP contribution < -0.4 is 0 Å². The minimum Gasteiger partial charge on any atom is -0.532 e. The fourth-order valence-electron chi connectivity index (χ4n) is 1.17. The van der Waals surface area contributed by atoms with E-state index in [2.05, 4.69) is 58.6 Å². The Hall–Kier alpha value is -0.656. The van der Waals surface area contributed by atoms with Crippen LogP contribution in [0, 0.1) is 0 Å². The highest BCUT2D eigenvalue weighted by Gasteiger charge is 2.24. The van der Waals surface area contributed by atoms with Crippen LogP contribution in [-0.4, -0.2) is 29.9 Å². The molecule has 5 heteroatoms. The van der Waals surface area contributed by atoms with Crippen molar-refractivity contribution in [2.45, 2.75) is 64.9 Å². The average Bonchev–Trinajstić information content (AvgIpc) is 2.20. The van der Waals surface area contributed by atoms with E-state index in [1.54, 1.807) is 6.21 Å². The molecule has 3 nitrogen and oxygen atoms in total. The van der Waals surface area contributed by atoms with E-state index in [4.69, 9.17) is 8.85 Å². The molecule has 0 radical (unpaired) electrons. The minimum atomic E-state index is -1.65. The normalized spacial score (nSPS) is 14.2. The van der Waals surface area contributed by atoms with Crippen LogP contribution in [0.3, 0.4) is 0 Å². The van der Waals surface area contributed by atoms with Gasteiger partial charge in [0.05, 0.1) is 5.60 Å². The first kappa shape index (κ1) is 19.3. The summed E-state index contributed by atoms with van der Waals surface area (Å²) in [5, 5.41) is 0.263. The smallest absolute Gasteiger partial charge is 0.244 e. The molecule has 0 fully saturated rings. The molecule has 0 aromatic rings. The summed E-state index contributed by atoms with van der Waals surface area (Å²) < 4.78 is 11.8. The fourth-order valence-corrected chi connectivity index (χ4v) is 2.91. The maximum Gasteiger partial charge on any atom is 0.244 e. The number of aliphatic imine (C=N–C) groups is 1. The van der Waals surface area contributed by atoms with Gasteiger partial charge in [0.2, 0.25) is 8.32 Å². The lowest BCUT2D eigenvalue weighted by molar-refractivity contribution is 0.157. The first-order valence-electron chi connectivity index (χ1n) is 6.98. The van der Waals surface area contributed by atoms with E-state index in [0.29, 0.717) is 5.88 Å². The molecule has 0 rings (SSSR count).